The molecule has 1 N–H and O–H groups in total. The number of hydrogen-bond acceptors (Lipinski definition) is 4. The van der Waals surface area contributed by atoms with Crippen LogP contribution >= 0.6 is 35.0 Å². The van der Waals surface area contributed by atoms with E-state index in [2.05, 4.69) is 15.5 Å². The SMILES string of the molecule is Cc1cccc(C(=O)N[C@H](C)c2nnc(SCc3ccc(Cl)c(Cl)c3)n2C)c1. The first-order valence-corrected chi connectivity index (χ1v) is 10.4. The Balaban J connectivity index is 1.66. The Morgan fingerprint density at radius 1 is 1.18 bits per heavy atom. The van der Waals surface area contributed by atoms with Crippen LogP contribution in [0.1, 0.15) is 40.3 Å². The summed E-state index contributed by atoms with van der Waals surface area (Å²) in [6, 6.07) is 12.8. The molecule has 28 heavy (non-hydrogen) atoms. The van der Waals surface area contributed by atoms with Crippen molar-refractivity contribution in [3.8, 4) is 0 Å². The molecule has 0 unspecified atom stereocenters. The van der Waals surface area contributed by atoms with Crippen LogP contribution in [0, 0.1) is 6.92 Å². The zero-order valence-corrected chi connectivity index (χ0v) is 18.1. The zero-order valence-electron chi connectivity index (χ0n) is 15.7. The van der Waals surface area contributed by atoms with Crippen molar-refractivity contribution >= 4 is 40.9 Å². The molecule has 0 aliphatic rings. The molecule has 146 valence electrons. The molecule has 0 radical (unpaired) electrons. The minimum absolute atomic E-state index is 0.135. The van der Waals surface area contributed by atoms with Crippen molar-refractivity contribution in [2.45, 2.75) is 30.8 Å². The van der Waals surface area contributed by atoms with Crippen LogP contribution in [0.3, 0.4) is 0 Å². The van der Waals surface area contributed by atoms with Crippen molar-refractivity contribution in [2.75, 3.05) is 0 Å². The fourth-order valence-corrected chi connectivity index (χ4v) is 3.92. The van der Waals surface area contributed by atoms with Gasteiger partial charge in [0, 0.05) is 18.4 Å². The number of halogens is 2. The van der Waals surface area contributed by atoms with Crippen LogP contribution in [0.15, 0.2) is 47.6 Å². The maximum absolute atomic E-state index is 12.5. The van der Waals surface area contributed by atoms with Crippen LogP contribution < -0.4 is 5.32 Å². The van der Waals surface area contributed by atoms with Gasteiger partial charge in [0.25, 0.3) is 5.91 Å². The van der Waals surface area contributed by atoms with Gasteiger partial charge < -0.3 is 9.88 Å². The second-order valence-corrected chi connectivity index (χ2v) is 8.26. The van der Waals surface area contributed by atoms with Crippen molar-refractivity contribution in [3.05, 3.63) is 75.0 Å². The van der Waals surface area contributed by atoms with E-state index in [-0.39, 0.29) is 11.9 Å². The normalized spacial score (nSPS) is 12.0. The zero-order chi connectivity index (χ0) is 20.3. The molecule has 2 aromatic carbocycles. The molecule has 3 rings (SSSR count). The Labute approximate surface area is 178 Å². The summed E-state index contributed by atoms with van der Waals surface area (Å²) in [7, 11) is 1.89. The number of benzene rings is 2. The van der Waals surface area contributed by atoms with Gasteiger partial charge in [-0.2, -0.15) is 0 Å². The first-order valence-electron chi connectivity index (χ1n) is 8.68. The number of amides is 1. The number of nitrogens with zero attached hydrogens (tertiary/aromatic N) is 3. The second-order valence-electron chi connectivity index (χ2n) is 6.50. The molecule has 0 spiro atoms. The van der Waals surface area contributed by atoms with Gasteiger partial charge in [-0.05, 0) is 43.7 Å². The van der Waals surface area contributed by atoms with Crippen molar-refractivity contribution in [3.63, 3.8) is 0 Å². The van der Waals surface area contributed by atoms with Crippen LogP contribution in [0.4, 0.5) is 0 Å². The molecule has 1 aromatic heterocycles. The van der Waals surface area contributed by atoms with E-state index in [4.69, 9.17) is 23.2 Å². The van der Waals surface area contributed by atoms with Gasteiger partial charge in [0.2, 0.25) is 0 Å². The first-order chi connectivity index (χ1) is 13.3. The van der Waals surface area contributed by atoms with Gasteiger partial charge >= 0.3 is 0 Å². The molecular formula is C20H20Cl2N4OS. The molecule has 1 amide bonds. The highest BCUT2D eigenvalue weighted by molar-refractivity contribution is 7.98. The van der Waals surface area contributed by atoms with Crippen LogP contribution in [0.25, 0.3) is 0 Å². The Hall–Kier alpha value is -2.02. The molecule has 0 saturated heterocycles. The lowest BCUT2D eigenvalue weighted by Gasteiger charge is -2.14. The molecule has 0 aliphatic carbocycles. The molecule has 0 saturated carbocycles. The number of aryl methyl sites for hydroxylation is 1. The standard InChI is InChI=1S/C20H20Cl2N4OS/c1-12-5-4-6-15(9-12)19(27)23-13(2)18-24-25-20(26(18)3)28-11-14-7-8-16(21)17(22)10-14/h4-10,13H,11H2,1-3H3,(H,23,27)/t13-/m1/s1. The van der Waals surface area contributed by atoms with Gasteiger partial charge in [-0.25, -0.2) is 0 Å². The summed E-state index contributed by atoms with van der Waals surface area (Å²) < 4.78 is 1.89. The topological polar surface area (TPSA) is 59.8 Å². The second kappa shape index (κ2) is 8.99. The van der Waals surface area contributed by atoms with E-state index in [1.54, 1.807) is 23.9 Å². The summed E-state index contributed by atoms with van der Waals surface area (Å²) in [5.41, 5.74) is 2.72. The molecule has 0 aliphatic heterocycles. The lowest BCUT2D eigenvalue weighted by Crippen LogP contribution is -2.28. The number of hydrogen-bond donors (Lipinski definition) is 1. The highest BCUT2D eigenvalue weighted by Gasteiger charge is 2.18. The van der Waals surface area contributed by atoms with Crippen molar-refractivity contribution in [1.29, 1.82) is 0 Å². The molecule has 3 aromatic rings. The maximum Gasteiger partial charge on any atom is 0.251 e. The van der Waals surface area contributed by atoms with E-state index in [1.807, 2.05) is 55.8 Å². The van der Waals surface area contributed by atoms with E-state index in [1.165, 1.54) is 0 Å². The monoisotopic (exact) mass is 434 g/mol. The quantitative estimate of drug-likeness (QED) is 0.540. The van der Waals surface area contributed by atoms with Gasteiger partial charge in [0.15, 0.2) is 11.0 Å². The largest absolute Gasteiger partial charge is 0.342 e. The number of thioether (sulfide) groups is 1. The highest BCUT2D eigenvalue weighted by Crippen LogP contribution is 2.27. The van der Waals surface area contributed by atoms with E-state index < -0.39 is 0 Å². The van der Waals surface area contributed by atoms with Gasteiger partial charge in [-0.1, -0.05) is 58.7 Å². The number of carbonyl (C=O) groups is 1. The highest BCUT2D eigenvalue weighted by atomic mass is 35.5. The van der Waals surface area contributed by atoms with Crippen LogP contribution in [-0.2, 0) is 12.8 Å². The average Bonchev–Trinajstić information content (AvgIpc) is 3.03. The summed E-state index contributed by atoms with van der Waals surface area (Å²) >= 11 is 13.6. The van der Waals surface area contributed by atoms with Crippen LogP contribution in [0.2, 0.25) is 10.0 Å². The lowest BCUT2D eigenvalue weighted by molar-refractivity contribution is 0.0937. The minimum atomic E-state index is -0.273. The number of rotatable bonds is 6. The Morgan fingerprint density at radius 3 is 2.68 bits per heavy atom. The van der Waals surface area contributed by atoms with Crippen molar-refractivity contribution in [1.82, 2.24) is 20.1 Å². The van der Waals surface area contributed by atoms with E-state index in [0.29, 0.717) is 27.2 Å². The molecule has 1 heterocycles. The number of carbonyl (C=O) groups excluding carboxylic acids is 1. The molecule has 8 heteroatoms. The third-order valence-corrected chi connectivity index (χ3v) is 6.07. The Bertz CT molecular complexity index is 1010. The summed E-state index contributed by atoms with van der Waals surface area (Å²) in [6.07, 6.45) is 0. The van der Waals surface area contributed by atoms with Crippen molar-refractivity contribution in [2.24, 2.45) is 7.05 Å². The Morgan fingerprint density at radius 2 is 1.96 bits per heavy atom. The smallest absolute Gasteiger partial charge is 0.251 e. The predicted octanol–water partition coefficient (Wildman–Crippen LogP) is 5.21. The molecular weight excluding hydrogens is 415 g/mol. The third kappa shape index (κ3) is 4.87. The minimum Gasteiger partial charge on any atom is -0.342 e. The van der Waals surface area contributed by atoms with Gasteiger partial charge in [-0.3, -0.25) is 4.79 Å². The van der Waals surface area contributed by atoms with E-state index in [9.17, 15) is 4.79 Å². The summed E-state index contributed by atoms with van der Waals surface area (Å²) in [5, 5.41) is 13.3. The molecule has 0 fully saturated rings. The molecule has 5 nitrogen and oxygen atoms in total. The third-order valence-electron chi connectivity index (χ3n) is 4.24. The van der Waals surface area contributed by atoms with Crippen LogP contribution in [-0.4, -0.2) is 20.7 Å². The maximum atomic E-state index is 12.5. The van der Waals surface area contributed by atoms with Gasteiger partial charge in [-0.15, -0.1) is 10.2 Å². The summed E-state index contributed by atoms with van der Waals surface area (Å²) in [5.74, 6) is 1.24. The number of nitrogens with one attached hydrogen (secondary N) is 1. The van der Waals surface area contributed by atoms with E-state index in [0.717, 1.165) is 16.3 Å². The molecule has 1 atom stereocenters. The summed E-state index contributed by atoms with van der Waals surface area (Å²) in [6.45, 7) is 3.85. The predicted molar refractivity (Wildman–Crippen MR) is 114 cm³/mol. The summed E-state index contributed by atoms with van der Waals surface area (Å²) in [4.78, 5) is 12.5. The van der Waals surface area contributed by atoms with E-state index >= 15 is 0 Å². The fraction of sp³-hybridized carbons (Fsp3) is 0.250. The van der Waals surface area contributed by atoms with Gasteiger partial charge in [0.1, 0.15) is 0 Å². The fourth-order valence-electron chi connectivity index (χ4n) is 2.74. The lowest BCUT2D eigenvalue weighted by atomic mass is 10.1. The van der Waals surface area contributed by atoms with Crippen LogP contribution in [0.5, 0.6) is 0 Å². The first kappa shape index (κ1) is 20.7. The number of aromatic nitrogens is 3. The Kier molecular flexibility index (Phi) is 6.65. The average molecular weight is 435 g/mol. The molecule has 0 bridgehead atoms. The van der Waals surface area contributed by atoms with Gasteiger partial charge in [0.05, 0.1) is 16.1 Å². The van der Waals surface area contributed by atoms with Crippen molar-refractivity contribution < 1.29 is 4.79 Å².